The Bertz CT molecular complexity index is 456. The van der Waals surface area contributed by atoms with Gasteiger partial charge in [-0.3, -0.25) is 0 Å². The van der Waals surface area contributed by atoms with E-state index in [-0.39, 0.29) is 39.6 Å². The molecule has 0 heterocycles. The van der Waals surface area contributed by atoms with Crippen molar-refractivity contribution in [2.45, 2.75) is 40.0 Å². The van der Waals surface area contributed by atoms with Gasteiger partial charge in [0.1, 0.15) is 0 Å². The maximum absolute atomic E-state index is 9.68. The second-order valence-corrected chi connectivity index (χ2v) is 8.36. The second kappa shape index (κ2) is 15.0. The molecule has 0 atom stereocenters. The predicted octanol–water partition coefficient (Wildman–Crippen LogP) is -0.178. The van der Waals surface area contributed by atoms with Crippen molar-refractivity contribution < 1.29 is 61.3 Å². The van der Waals surface area contributed by atoms with E-state index in [0.717, 1.165) is 0 Å². The molecule has 0 bridgehead atoms. The van der Waals surface area contributed by atoms with Crippen molar-refractivity contribution in [3.8, 4) is 0 Å². The summed E-state index contributed by atoms with van der Waals surface area (Å²) < 4.78 is 87.1. The average Bonchev–Trinajstić information content (AvgIpc) is 2.12. The molecule has 0 fully saturated rings. The third kappa shape index (κ3) is 49.9. The molecular weight excluding hydrogens is 545 g/mol. The minimum atomic E-state index is -3.92. The first kappa shape index (κ1) is 30.4. The summed E-state index contributed by atoms with van der Waals surface area (Å²) in [5.41, 5.74) is 0. The van der Waals surface area contributed by atoms with Crippen molar-refractivity contribution in [3.05, 3.63) is 0 Å². The first-order valence-corrected chi connectivity index (χ1v) is 10.7. The van der Waals surface area contributed by atoms with Crippen molar-refractivity contribution in [2.75, 3.05) is 17.3 Å². The molecule has 0 saturated heterocycles. The van der Waals surface area contributed by atoms with Gasteiger partial charge < -0.3 is 13.7 Å². The third-order valence-electron chi connectivity index (χ3n) is 1.36. The predicted molar refractivity (Wildman–Crippen MR) is 74.6 cm³/mol. The first-order valence-electron chi connectivity index (χ1n) is 5.99. The Morgan fingerprint density at radius 1 is 0.545 bits per heavy atom. The molecule has 0 radical (unpaired) electrons. The van der Waals surface area contributed by atoms with E-state index in [1.165, 1.54) is 0 Å². The van der Waals surface area contributed by atoms with Crippen LogP contribution in [0.4, 0.5) is 0 Å². The Morgan fingerprint density at radius 2 is 0.682 bits per heavy atom. The molecule has 0 N–H and O–H groups in total. The van der Waals surface area contributed by atoms with Crippen LogP contribution < -0.4 is 0 Å². The van der Waals surface area contributed by atoms with Crippen LogP contribution in [0.15, 0.2) is 0 Å². The van der Waals surface area contributed by atoms with Gasteiger partial charge in [0.05, 0.1) is 30.4 Å². The average molecular weight is 566 g/mol. The summed E-state index contributed by atoms with van der Waals surface area (Å²) in [6.45, 7) is 4.94. The van der Waals surface area contributed by atoms with E-state index in [2.05, 4.69) is 0 Å². The molecule has 0 unspecified atom stereocenters. The largest absolute Gasteiger partial charge is 3.00 e. The van der Waals surface area contributed by atoms with E-state index in [9.17, 15) is 38.9 Å². The number of rotatable bonds is 6. The fraction of sp³-hybridized carbons (Fsp3) is 1.00. The SMILES string of the molecule is CCCS(=O)(=O)[O-].CCCS(=O)(=O)[O-].CCCS(=O)(=O)[O-].[Au+3]. The second-order valence-electron chi connectivity index (χ2n) is 3.79. The Labute approximate surface area is 148 Å². The molecular formula is C9H21AuO9S3. The molecule has 0 amide bonds. The summed E-state index contributed by atoms with van der Waals surface area (Å²) in [5.74, 6) is -0.729. The molecule has 0 aliphatic rings. The van der Waals surface area contributed by atoms with Crippen molar-refractivity contribution in [1.82, 2.24) is 0 Å². The molecule has 0 saturated carbocycles. The fourth-order valence-corrected chi connectivity index (χ4v) is 2.25. The van der Waals surface area contributed by atoms with Crippen LogP contribution in [0, 0.1) is 0 Å². The zero-order chi connectivity index (χ0) is 17.7. The topological polar surface area (TPSA) is 172 Å². The van der Waals surface area contributed by atoms with Crippen LogP contribution in [0.2, 0.25) is 0 Å². The molecule has 9 nitrogen and oxygen atoms in total. The molecule has 0 aliphatic carbocycles. The maximum Gasteiger partial charge on any atom is 3.00 e. The zero-order valence-electron chi connectivity index (χ0n) is 12.4. The van der Waals surface area contributed by atoms with Crippen LogP contribution >= 0.6 is 0 Å². The van der Waals surface area contributed by atoms with E-state index >= 15 is 0 Å². The molecule has 0 rings (SSSR count). The smallest absolute Gasteiger partial charge is 0.748 e. The van der Waals surface area contributed by atoms with Gasteiger partial charge in [0.15, 0.2) is 0 Å². The summed E-state index contributed by atoms with van der Waals surface area (Å²) in [5, 5.41) is 0. The van der Waals surface area contributed by atoms with Gasteiger partial charge in [0.25, 0.3) is 0 Å². The standard InChI is InChI=1S/3C3H8O3S.Au/c3*1-2-3-7(4,5)6;/h3*2-3H2,1H3,(H,4,5,6);/q;;;+3/p-3. The molecule has 13 heteroatoms. The van der Waals surface area contributed by atoms with Gasteiger partial charge in [-0.05, 0) is 19.3 Å². The van der Waals surface area contributed by atoms with E-state index in [0.29, 0.717) is 19.3 Å². The maximum atomic E-state index is 9.68. The van der Waals surface area contributed by atoms with Gasteiger partial charge in [-0.2, -0.15) is 0 Å². The summed E-state index contributed by atoms with van der Waals surface area (Å²) >= 11 is 0. The molecule has 0 aromatic carbocycles. The minimum Gasteiger partial charge on any atom is -0.748 e. The van der Waals surface area contributed by atoms with Gasteiger partial charge in [0.2, 0.25) is 0 Å². The number of hydrogen-bond donors (Lipinski definition) is 0. The van der Waals surface area contributed by atoms with Crippen LogP contribution in [-0.2, 0) is 52.7 Å². The van der Waals surface area contributed by atoms with E-state index in [1.807, 2.05) is 0 Å². The Morgan fingerprint density at radius 3 is 0.682 bits per heavy atom. The van der Waals surface area contributed by atoms with Gasteiger partial charge in [-0.1, -0.05) is 20.8 Å². The molecule has 0 spiro atoms. The van der Waals surface area contributed by atoms with Gasteiger partial charge in [-0.25, -0.2) is 25.3 Å². The number of hydrogen-bond acceptors (Lipinski definition) is 9. The van der Waals surface area contributed by atoms with Crippen molar-refractivity contribution >= 4 is 30.4 Å². The molecule has 0 aliphatic heterocycles. The first-order chi connectivity index (χ1) is 9.18. The van der Waals surface area contributed by atoms with Crippen LogP contribution in [0.5, 0.6) is 0 Å². The quantitative estimate of drug-likeness (QED) is 0.312. The fourth-order valence-electron chi connectivity index (χ4n) is 0.750. The summed E-state index contributed by atoms with van der Waals surface area (Å²) in [6, 6.07) is 0. The van der Waals surface area contributed by atoms with Crippen LogP contribution in [0.1, 0.15) is 40.0 Å². The van der Waals surface area contributed by atoms with Gasteiger partial charge >= 0.3 is 22.4 Å². The van der Waals surface area contributed by atoms with E-state index < -0.39 is 30.4 Å². The minimum absolute atomic E-state index is 0. The summed E-state index contributed by atoms with van der Waals surface area (Å²) in [7, 11) is -11.8. The van der Waals surface area contributed by atoms with Crippen molar-refractivity contribution in [3.63, 3.8) is 0 Å². The van der Waals surface area contributed by atoms with Gasteiger partial charge in [0, 0.05) is 17.3 Å². The normalized spacial score (nSPS) is 11.2. The molecule has 140 valence electrons. The monoisotopic (exact) mass is 566 g/mol. The molecule has 0 aromatic rings. The Balaban J connectivity index is -0.000000108. The zero-order valence-corrected chi connectivity index (χ0v) is 17.1. The molecule has 22 heavy (non-hydrogen) atoms. The summed E-state index contributed by atoms with van der Waals surface area (Å²) in [6.07, 6.45) is 1.23. The van der Waals surface area contributed by atoms with Crippen molar-refractivity contribution in [1.29, 1.82) is 0 Å². The van der Waals surface area contributed by atoms with Crippen LogP contribution in [0.3, 0.4) is 0 Å². The Hall–Kier alpha value is 0.470. The van der Waals surface area contributed by atoms with E-state index in [1.54, 1.807) is 20.8 Å². The van der Waals surface area contributed by atoms with E-state index in [4.69, 9.17) is 0 Å². The molecule has 0 aromatic heterocycles. The third-order valence-corrected chi connectivity index (χ3v) is 4.09. The Kier molecular flexibility index (Phi) is 20.7. The summed E-state index contributed by atoms with van der Waals surface area (Å²) in [4.78, 5) is 0. The van der Waals surface area contributed by atoms with Crippen LogP contribution in [0.25, 0.3) is 0 Å². The van der Waals surface area contributed by atoms with Gasteiger partial charge in [-0.15, -0.1) is 0 Å². The van der Waals surface area contributed by atoms with Crippen molar-refractivity contribution in [2.24, 2.45) is 0 Å². The van der Waals surface area contributed by atoms with Crippen LogP contribution in [-0.4, -0.2) is 56.2 Å².